The number of methoxy groups -OCH3 is 1. The Bertz CT molecular complexity index is 1210. The minimum Gasteiger partial charge on any atom is -0.478 e. The van der Waals surface area contributed by atoms with Gasteiger partial charge in [-0.2, -0.15) is 0 Å². The molecule has 0 fully saturated rings. The molecule has 0 saturated heterocycles. The maximum Gasteiger partial charge on any atom is 0.328 e. The molecular formula is C39H55ClN2O5. The van der Waals surface area contributed by atoms with Gasteiger partial charge in [-0.15, -0.1) is 0 Å². The quantitative estimate of drug-likeness (QED) is 0.0653. The number of unbranched alkanes of at least 4 members (excludes halogenated alkanes) is 1. The Morgan fingerprint density at radius 1 is 0.787 bits per heavy atom. The van der Waals surface area contributed by atoms with E-state index in [1.165, 1.54) is 7.11 Å². The summed E-state index contributed by atoms with van der Waals surface area (Å²) in [5, 5.41) is 6.22. The summed E-state index contributed by atoms with van der Waals surface area (Å²) in [5.74, 6) is -0.490. The van der Waals surface area contributed by atoms with Crippen molar-refractivity contribution in [1.82, 2.24) is 10.6 Å². The highest BCUT2D eigenvalue weighted by atomic mass is 35.5. The fraction of sp³-hybridized carbons (Fsp3) is 0.462. The molecule has 2 N–H and O–H groups in total. The molecule has 1 aromatic rings. The second kappa shape index (κ2) is 26.3. The van der Waals surface area contributed by atoms with Crippen LogP contribution in [0.3, 0.4) is 0 Å². The van der Waals surface area contributed by atoms with E-state index < -0.39 is 23.5 Å². The SMILES string of the molecule is CCC=CCC=CCC=CCC=CCC=CCC=CCCC(=O)NCCCCC(NC(=O)C(C)(C)Oc1ccc(Cl)cc1)C(=O)OC. The van der Waals surface area contributed by atoms with Gasteiger partial charge in [0.05, 0.1) is 7.11 Å². The lowest BCUT2D eigenvalue weighted by Crippen LogP contribution is -2.52. The van der Waals surface area contributed by atoms with E-state index in [2.05, 4.69) is 84.4 Å². The predicted octanol–water partition coefficient (Wildman–Crippen LogP) is 8.92. The summed E-state index contributed by atoms with van der Waals surface area (Å²) < 4.78 is 10.7. The van der Waals surface area contributed by atoms with Crippen LogP contribution in [0, 0.1) is 0 Å². The number of esters is 1. The molecule has 0 heterocycles. The zero-order valence-electron chi connectivity index (χ0n) is 28.7. The van der Waals surface area contributed by atoms with E-state index >= 15 is 0 Å². The van der Waals surface area contributed by atoms with Gasteiger partial charge in [0.2, 0.25) is 5.91 Å². The molecule has 0 aliphatic carbocycles. The third-order valence-corrected chi connectivity index (χ3v) is 7.15. The lowest BCUT2D eigenvalue weighted by Gasteiger charge is -2.27. The average Bonchev–Trinajstić information content (AvgIpc) is 3.05. The molecule has 0 aromatic heterocycles. The van der Waals surface area contributed by atoms with Gasteiger partial charge in [-0.1, -0.05) is 91.4 Å². The molecule has 0 bridgehead atoms. The van der Waals surface area contributed by atoms with Gasteiger partial charge in [-0.05, 0) is 102 Å². The number of benzene rings is 1. The molecule has 0 aliphatic heterocycles. The second-order valence-corrected chi connectivity index (χ2v) is 11.9. The Morgan fingerprint density at radius 2 is 1.30 bits per heavy atom. The van der Waals surface area contributed by atoms with Crippen molar-refractivity contribution in [2.24, 2.45) is 0 Å². The van der Waals surface area contributed by atoms with E-state index in [9.17, 15) is 14.4 Å². The third kappa shape index (κ3) is 21.6. The Hall–Kier alpha value is -3.84. The Kier molecular flexibility index (Phi) is 23.0. The minimum absolute atomic E-state index is 0.0107. The van der Waals surface area contributed by atoms with E-state index in [4.69, 9.17) is 21.1 Å². The number of allylic oxidation sites excluding steroid dienone is 12. The van der Waals surface area contributed by atoms with Crippen LogP contribution >= 0.6 is 11.6 Å². The Balaban J connectivity index is 2.19. The topological polar surface area (TPSA) is 93.7 Å². The Morgan fingerprint density at radius 3 is 1.81 bits per heavy atom. The first-order chi connectivity index (χ1) is 22.7. The number of nitrogens with one attached hydrogen (secondary N) is 2. The van der Waals surface area contributed by atoms with E-state index in [1.54, 1.807) is 38.1 Å². The lowest BCUT2D eigenvalue weighted by molar-refractivity contribution is -0.147. The van der Waals surface area contributed by atoms with E-state index in [0.717, 1.165) is 38.5 Å². The Labute approximate surface area is 287 Å². The smallest absolute Gasteiger partial charge is 0.328 e. The highest BCUT2D eigenvalue weighted by Gasteiger charge is 2.33. The monoisotopic (exact) mass is 666 g/mol. The summed E-state index contributed by atoms with van der Waals surface area (Å²) in [6.45, 7) is 5.89. The number of amides is 2. The van der Waals surface area contributed by atoms with Crippen molar-refractivity contribution in [1.29, 1.82) is 0 Å². The summed E-state index contributed by atoms with van der Waals surface area (Å²) in [7, 11) is 1.29. The van der Waals surface area contributed by atoms with Crippen LogP contribution < -0.4 is 15.4 Å². The van der Waals surface area contributed by atoms with Gasteiger partial charge < -0.3 is 20.1 Å². The molecule has 0 radical (unpaired) electrons. The van der Waals surface area contributed by atoms with Gasteiger partial charge >= 0.3 is 5.97 Å². The predicted molar refractivity (Wildman–Crippen MR) is 194 cm³/mol. The van der Waals surface area contributed by atoms with Crippen molar-refractivity contribution >= 4 is 29.4 Å². The van der Waals surface area contributed by atoms with Crippen LogP contribution in [0.25, 0.3) is 0 Å². The zero-order chi connectivity index (χ0) is 34.6. The normalized spacial score (nSPS) is 13.0. The van der Waals surface area contributed by atoms with Crippen LogP contribution in [0.5, 0.6) is 5.75 Å². The molecular weight excluding hydrogens is 612 g/mol. The molecule has 258 valence electrons. The van der Waals surface area contributed by atoms with Crippen LogP contribution in [0.15, 0.2) is 97.2 Å². The number of hydrogen-bond acceptors (Lipinski definition) is 5. The fourth-order valence-electron chi connectivity index (χ4n) is 4.21. The molecule has 0 saturated carbocycles. The summed E-state index contributed by atoms with van der Waals surface area (Å²) in [5.41, 5.74) is -1.22. The summed E-state index contributed by atoms with van der Waals surface area (Å²) in [6.07, 6.45) is 34.5. The summed E-state index contributed by atoms with van der Waals surface area (Å²) in [4.78, 5) is 37.4. The van der Waals surface area contributed by atoms with Crippen LogP contribution in [0.4, 0.5) is 0 Å². The largest absolute Gasteiger partial charge is 0.478 e. The lowest BCUT2D eigenvalue weighted by atomic mass is 10.1. The molecule has 1 rings (SSSR count). The summed E-state index contributed by atoms with van der Waals surface area (Å²) in [6, 6.07) is 5.88. The van der Waals surface area contributed by atoms with Crippen molar-refractivity contribution in [3.8, 4) is 5.75 Å². The molecule has 47 heavy (non-hydrogen) atoms. The van der Waals surface area contributed by atoms with E-state index in [1.807, 2.05) is 6.08 Å². The van der Waals surface area contributed by atoms with Gasteiger partial charge in [0.25, 0.3) is 5.91 Å². The minimum atomic E-state index is -1.22. The molecule has 1 aromatic carbocycles. The number of hydrogen-bond donors (Lipinski definition) is 2. The van der Waals surface area contributed by atoms with E-state index in [-0.39, 0.29) is 5.91 Å². The first kappa shape index (κ1) is 41.2. The van der Waals surface area contributed by atoms with Crippen molar-refractivity contribution in [3.63, 3.8) is 0 Å². The van der Waals surface area contributed by atoms with Crippen LogP contribution in [-0.2, 0) is 19.1 Å². The van der Waals surface area contributed by atoms with Crippen molar-refractivity contribution < 1.29 is 23.9 Å². The standard InChI is InChI=1S/C39H55ClN2O5/c1-5-6-7-8-9-10-11-12-13-14-15-16-17-18-19-20-21-22-23-27-36(43)41-32-25-24-26-35(37(44)46-4)42-38(45)39(2,3)47-34-30-28-33(40)29-31-34/h6-7,9-10,12-13,15-16,18-19,21-22,28-31,35H,5,8,11,14,17,20,23-27,32H2,1-4H3,(H,41,43)(H,42,45). The number of carbonyl (C=O) groups excluding carboxylic acids is 3. The van der Waals surface area contributed by atoms with Crippen LogP contribution in [0.1, 0.15) is 91.4 Å². The molecule has 1 unspecified atom stereocenters. The van der Waals surface area contributed by atoms with Gasteiger partial charge in [-0.25, -0.2) is 4.79 Å². The van der Waals surface area contributed by atoms with Gasteiger partial charge in [0.15, 0.2) is 5.60 Å². The molecule has 8 heteroatoms. The van der Waals surface area contributed by atoms with Gasteiger partial charge in [0, 0.05) is 18.0 Å². The maximum absolute atomic E-state index is 12.9. The van der Waals surface area contributed by atoms with E-state index in [0.29, 0.717) is 49.4 Å². The second-order valence-electron chi connectivity index (χ2n) is 11.4. The van der Waals surface area contributed by atoms with Crippen molar-refractivity contribution in [3.05, 3.63) is 102 Å². The first-order valence-electron chi connectivity index (χ1n) is 16.7. The number of halogens is 1. The number of carbonyl (C=O) groups is 3. The molecule has 1 atom stereocenters. The van der Waals surface area contributed by atoms with Crippen LogP contribution in [0.2, 0.25) is 5.02 Å². The highest BCUT2D eigenvalue weighted by molar-refractivity contribution is 6.30. The van der Waals surface area contributed by atoms with Crippen LogP contribution in [-0.4, -0.2) is 43.1 Å². The van der Waals surface area contributed by atoms with Gasteiger partial charge in [-0.3, -0.25) is 9.59 Å². The average molecular weight is 667 g/mol. The number of ether oxygens (including phenoxy) is 2. The zero-order valence-corrected chi connectivity index (χ0v) is 29.5. The summed E-state index contributed by atoms with van der Waals surface area (Å²) >= 11 is 5.92. The molecule has 7 nitrogen and oxygen atoms in total. The van der Waals surface area contributed by atoms with Gasteiger partial charge in [0.1, 0.15) is 11.8 Å². The molecule has 2 amide bonds. The first-order valence-corrected chi connectivity index (χ1v) is 17.1. The maximum atomic E-state index is 12.9. The third-order valence-electron chi connectivity index (χ3n) is 6.90. The number of rotatable bonds is 24. The van der Waals surface area contributed by atoms with Crippen molar-refractivity contribution in [2.45, 2.75) is 103 Å². The van der Waals surface area contributed by atoms with Crippen molar-refractivity contribution in [2.75, 3.05) is 13.7 Å². The fourth-order valence-corrected chi connectivity index (χ4v) is 4.34. The highest BCUT2D eigenvalue weighted by Crippen LogP contribution is 2.21. The molecule has 0 spiro atoms. The molecule has 0 aliphatic rings.